The van der Waals surface area contributed by atoms with E-state index in [1.807, 2.05) is 30.3 Å². The fourth-order valence-electron chi connectivity index (χ4n) is 4.54. The molecule has 2 aromatic carbocycles. The lowest BCUT2D eigenvalue weighted by Crippen LogP contribution is -2.41. The summed E-state index contributed by atoms with van der Waals surface area (Å²) >= 11 is 1.06. The van der Waals surface area contributed by atoms with Crippen molar-refractivity contribution in [2.45, 2.75) is 19.9 Å². The van der Waals surface area contributed by atoms with Crippen molar-refractivity contribution in [3.8, 4) is 0 Å². The first-order valence-electron chi connectivity index (χ1n) is 11.2. The van der Waals surface area contributed by atoms with Gasteiger partial charge >= 0.3 is 5.97 Å². The molecule has 9 heteroatoms. The number of anilines is 1. The van der Waals surface area contributed by atoms with Crippen molar-refractivity contribution in [3.05, 3.63) is 109 Å². The minimum absolute atomic E-state index is 0.0118. The number of nitrogens with zero attached hydrogens (tertiary/aromatic N) is 3. The molecule has 1 aromatic heterocycles. The molecule has 0 unspecified atom stereocenters. The summed E-state index contributed by atoms with van der Waals surface area (Å²) in [5.41, 5.74) is 1.94. The molecule has 0 spiro atoms. The highest BCUT2D eigenvalue weighted by molar-refractivity contribution is 7.07. The standard InChI is InChI=1S/C27H21N3O5S/c1-4-14-35-26(34)20-15(2)28-27-30(22(20)17-10-6-5-7-11-17)25(33)23(36-27)21-18-12-8-9-13-19(18)29(16(3)31)24(21)32/h4-13,22H,1,14H2,2-3H3/b23-21-/t22-/m0/s1. The van der Waals surface area contributed by atoms with Gasteiger partial charge in [-0.3, -0.25) is 19.0 Å². The number of esters is 1. The summed E-state index contributed by atoms with van der Waals surface area (Å²) in [6, 6.07) is 15.2. The van der Waals surface area contributed by atoms with Crippen molar-refractivity contribution < 1.29 is 19.1 Å². The highest BCUT2D eigenvalue weighted by atomic mass is 32.1. The first-order chi connectivity index (χ1) is 17.3. The smallest absolute Gasteiger partial charge is 0.338 e. The van der Waals surface area contributed by atoms with Gasteiger partial charge in [-0.2, -0.15) is 0 Å². The van der Waals surface area contributed by atoms with E-state index in [9.17, 15) is 19.2 Å². The summed E-state index contributed by atoms with van der Waals surface area (Å²) in [4.78, 5) is 58.7. The second-order valence-electron chi connectivity index (χ2n) is 8.25. The number of benzene rings is 2. The predicted octanol–water partition coefficient (Wildman–Crippen LogP) is 2.23. The van der Waals surface area contributed by atoms with E-state index < -0.39 is 29.4 Å². The topological polar surface area (TPSA) is 98.0 Å². The van der Waals surface area contributed by atoms with E-state index >= 15 is 0 Å². The van der Waals surface area contributed by atoms with Gasteiger partial charge in [-0.15, -0.1) is 0 Å². The number of ether oxygens (including phenoxy) is 1. The second kappa shape index (κ2) is 9.01. The SMILES string of the molecule is C=CCOC(=O)C1=C(C)N=c2s/c(=C3\C(=O)N(C(C)=O)c4ccccc43)c(=O)n2[C@H]1c1ccccc1. The largest absolute Gasteiger partial charge is 0.458 e. The molecule has 3 aromatic rings. The molecule has 0 fully saturated rings. The zero-order valence-corrected chi connectivity index (χ0v) is 20.4. The van der Waals surface area contributed by atoms with Crippen molar-refractivity contribution in [1.29, 1.82) is 0 Å². The summed E-state index contributed by atoms with van der Waals surface area (Å²) < 4.78 is 6.91. The number of hydrogen-bond donors (Lipinski definition) is 0. The molecule has 2 amide bonds. The summed E-state index contributed by atoms with van der Waals surface area (Å²) in [5, 5.41) is 0. The maximum Gasteiger partial charge on any atom is 0.338 e. The van der Waals surface area contributed by atoms with Crippen LogP contribution < -0.4 is 19.8 Å². The van der Waals surface area contributed by atoms with Crippen molar-refractivity contribution >= 4 is 40.4 Å². The van der Waals surface area contributed by atoms with Crippen LogP contribution in [0.15, 0.2) is 88.3 Å². The highest BCUT2D eigenvalue weighted by Crippen LogP contribution is 2.35. The number of thiazole rings is 1. The van der Waals surface area contributed by atoms with E-state index in [1.54, 1.807) is 31.2 Å². The van der Waals surface area contributed by atoms with Crippen molar-refractivity contribution in [3.63, 3.8) is 0 Å². The molecule has 8 nitrogen and oxygen atoms in total. The summed E-state index contributed by atoms with van der Waals surface area (Å²) in [6.45, 7) is 6.59. The molecule has 5 rings (SSSR count). The molecule has 0 N–H and O–H groups in total. The number of hydrogen-bond acceptors (Lipinski definition) is 7. The Morgan fingerprint density at radius 2 is 1.81 bits per heavy atom. The Labute approximate surface area is 209 Å². The number of aromatic nitrogens is 1. The van der Waals surface area contributed by atoms with Gasteiger partial charge < -0.3 is 4.74 Å². The van der Waals surface area contributed by atoms with Crippen molar-refractivity contribution in [1.82, 2.24) is 4.57 Å². The Bertz CT molecular complexity index is 1660. The average molecular weight is 500 g/mol. The Kier molecular flexibility index (Phi) is 5.85. The van der Waals surface area contributed by atoms with E-state index in [1.165, 1.54) is 17.6 Å². The van der Waals surface area contributed by atoms with Gasteiger partial charge in [-0.05, 0) is 18.6 Å². The molecule has 0 saturated carbocycles. The monoisotopic (exact) mass is 499 g/mol. The van der Waals surface area contributed by atoms with E-state index in [4.69, 9.17) is 4.74 Å². The van der Waals surface area contributed by atoms with Gasteiger partial charge in [0.2, 0.25) is 5.91 Å². The molecule has 2 aliphatic heterocycles. The molecule has 0 bridgehead atoms. The van der Waals surface area contributed by atoms with Crippen LogP contribution in [-0.4, -0.2) is 29.0 Å². The fraction of sp³-hybridized carbons (Fsp3) is 0.148. The minimum Gasteiger partial charge on any atom is -0.458 e. The summed E-state index contributed by atoms with van der Waals surface area (Å²) in [5.74, 6) is -1.61. The molecular formula is C27H21N3O5S. The first kappa shape index (κ1) is 23.4. The third kappa shape index (κ3) is 3.56. The zero-order chi connectivity index (χ0) is 25.6. The predicted molar refractivity (Wildman–Crippen MR) is 135 cm³/mol. The van der Waals surface area contributed by atoms with E-state index in [-0.39, 0.29) is 22.3 Å². The number of amides is 2. The van der Waals surface area contributed by atoms with E-state index in [0.717, 1.165) is 16.2 Å². The molecule has 0 radical (unpaired) electrons. The maximum atomic E-state index is 14.0. The lowest BCUT2D eigenvalue weighted by molar-refractivity contribution is -0.138. The van der Waals surface area contributed by atoms with Gasteiger partial charge in [0, 0.05) is 12.5 Å². The third-order valence-corrected chi connectivity index (χ3v) is 7.09. The summed E-state index contributed by atoms with van der Waals surface area (Å²) in [6.07, 6.45) is 1.46. The van der Waals surface area contributed by atoms with Gasteiger partial charge in [0.05, 0.1) is 28.6 Å². The Balaban J connectivity index is 1.81. The Morgan fingerprint density at radius 1 is 1.11 bits per heavy atom. The van der Waals surface area contributed by atoms with Crippen molar-refractivity contribution in [2.75, 3.05) is 11.5 Å². The van der Waals surface area contributed by atoms with Crippen LogP contribution in [0.5, 0.6) is 0 Å². The Hall–Kier alpha value is -4.37. The number of carbonyl (C=O) groups is 3. The molecule has 36 heavy (non-hydrogen) atoms. The Morgan fingerprint density at radius 3 is 2.50 bits per heavy atom. The zero-order valence-electron chi connectivity index (χ0n) is 19.6. The number of fused-ring (bicyclic) bond motifs is 2. The van der Waals surface area contributed by atoms with Crippen LogP contribution in [0.25, 0.3) is 5.57 Å². The third-order valence-electron chi connectivity index (χ3n) is 6.04. The van der Waals surface area contributed by atoms with Gasteiger partial charge in [0.1, 0.15) is 11.1 Å². The molecule has 0 aliphatic carbocycles. The van der Waals surface area contributed by atoms with Gasteiger partial charge in [-0.25, -0.2) is 14.7 Å². The first-order valence-corrected chi connectivity index (χ1v) is 12.0. The highest BCUT2D eigenvalue weighted by Gasteiger charge is 2.38. The molecule has 0 saturated heterocycles. The van der Waals surface area contributed by atoms with Crippen LogP contribution in [0.3, 0.4) is 0 Å². The van der Waals surface area contributed by atoms with Crippen LogP contribution in [-0.2, 0) is 19.1 Å². The number of rotatable bonds is 4. The molecule has 180 valence electrons. The average Bonchev–Trinajstić information content (AvgIpc) is 3.34. The quantitative estimate of drug-likeness (QED) is 0.405. The van der Waals surface area contributed by atoms with Crippen molar-refractivity contribution in [2.24, 2.45) is 4.99 Å². The van der Waals surface area contributed by atoms with Crippen LogP contribution in [0.1, 0.15) is 31.0 Å². The van der Waals surface area contributed by atoms with Crippen LogP contribution >= 0.6 is 11.3 Å². The van der Waals surface area contributed by atoms with E-state index in [0.29, 0.717) is 27.3 Å². The second-order valence-corrected chi connectivity index (χ2v) is 9.23. The molecule has 2 aliphatic rings. The molecule has 3 heterocycles. The van der Waals surface area contributed by atoms with E-state index in [2.05, 4.69) is 11.6 Å². The summed E-state index contributed by atoms with van der Waals surface area (Å²) in [7, 11) is 0. The number of imide groups is 1. The van der Waals surface area contributed by atoms with Gasteiger partial charge in [-0.1, -0.05) is 72.5 Å². The number of para-hydroxylation sites is 1. The maximum absolute atomic E-state index is 14.0. The minimum atomic E-state index is -0.801. The molecular weight excluding hydrogens is 478 g/mol. The molecule has 1 atom stereocenters. The lowest BCUT2D eigenvalue weighted by atomic mass is 9.96. The van der Waals surface area contributed by atoms with Gasteiger partial charge in [0.15, 0.2) is 4.80 Å². The lowest BCUT2D eigenvalue weighted by Gasteiger charge is -2.24. The van der Waals surface area contributed by atoms with Crippen LogP contribution in [0.2, 0.25) is 0 Å². The number of carbonyl (C=O) groups excluding carboxylic acids is 3. The normalized spacial score (nSPS) is 17.9. The van der Waals surface area contributed by atoms with Crippen LogP contribution in [0.4, 0.5) is 5.69 Å². The number of allylic oxidation sites excluding steroid dienone is 1. The fourth-order valence-corrected chi connectivity index (χ4v) is 5.68. The van der Waals surface area contributed by atoms with Gasteiger partial charge in [0.25, 0.3) is 11.5 Å². The van der Waals surface area contributed by atoms with Crippen LogP contribution in [0, 0.1) is 0 Å².